The van der Waals surface area contributed by atoms with Crippen LogP contribution in [0, 0.1) is 6.92 Å². The number of hydrogen-bond acceptors (Lipinski definition) is 5. The minimum absolute atomic E-state index is 0.220. The zero-order chi connectivity index (χ0) is 26.9. The van der Waals surface area contributed by atoms with Crippen molar-refractivity contribution >= 4 is 6.09 Å². The molecule has 1 fully saturated rings. The van der Waals surface area contributed by atoms with Crippen LogP contribution in [-0.2, 0) is 6.54 Å². The molecule has 0 spiro atoms. The SMILES string of the molecule is Cc1cc(-c2cn(-c3ccc(OC(F)(F)F)cc3)cn2)nn1Cc1ccnc(C2CCN(C(=O)O)CC2)c1. The third-order valence-electron chi connectivity index (χ3n) is 6.56. The molecule has 0 aliphatic carbocycles. The van der Waals surface area contributed by atoms with Crippen molar-refractivity contribution in [2.75, 3.05) is 13.1 Å². The summed E-state index contributed by atoms with van der Waals surface area (Å²) in [6.07, 6.45) is 0.989. The summed E-state index contributed by atoms with van der Waals surface area (Å²) >= 11 is 0. The molecule has 1 aliphatic heterocycles. The lowest BCUT2D eigenvalue weighted by atomic mass is 9.92. The molecule has 0 atom stereocenters. The van der Waals surface area contributed by atoms with E-state index in [-0.39, 0.29) is 11.7 Å². The molecular formula is C26H25F3N6O3. The summed E-state index contributed by atoms with van der Waals surface area (Å²) in [5.41, 5.74) is 4.88. The van der Waals surface area contributed by atoms with Crippen molar-refractivity contribution in [3.05, 3.63) is 78.1 Å². The Morgan fingerprint density at radius 1 is 1.08 bits per heavy atom. The first-order valence-electron chi connectivity index (χ1n) is 12.0. The number of carbonyl (C=O) groups is 1. The van der Waals surface area contributed by atoms with E-state index in [4.69, 9.17) is 5.10 Å². The van der Waals surface area contributed by atoms with Crippen molar-refractivity contribution < 1.29 is 27.8 Å². The molecule has 12 heteroatoms. The number of nitrogens with zero attached hydrogens (tertiary/aromatic N) is 6. The minimum Gasteiger partial charge on any atom is -0.465 e. The molecule has 1 aliphatic rings. The predicted molar refractivity (Wildman–Crippen MR) is 131 cm³/mol. The number of imidazole rings is 1. The zero-order valence-corrected chi connectivity index (χ0v) is 20.5. The van der Waals surface area contributed by atoms with E-state index in [1.807, 2.05) is 23.7 Å². The van der Waals surface area contributed by atoms with E-state index in [1.165, 1.54) is 29.2 Å². The van der Waals surface area contributed by atoms with Gasteiger partial charge in [-0.2, -0.15) is 5.10 Å². The lowest BCUT2D eigenvalue weighted by Crippen LogP contribution is -2.36. The highest BCUT2D eigenvalue weighted by Gasteiger charge is 2.31. The number of hydrogen-bond donors (Lipinski definition) is 1. The van der Waals surface area contributed by atoms with Crippen LogP contribution in [0.4, 0.5) is 18.0 Å². The normalized spacial score (nSPS) is 14.6. The van der Waals surface area contributed by atoms with E-state index in [0.717, 1.165) is 29.8 Å². The molecule has 9 nitrogen and oxygen atoms in total. The molecule has 0 saturated carbocycles. The Hall–Kier alpha value is -4.35. The summed E-state index contributed by atoms with van der Waals surface area (Å²) in [5, 5.41) is 13.9. The van der Waals surface area contributed by atoms with Crippen molar-refractivity contribution in [2.24, 2.45) is 0 Å². The minimum atomic E-state index is -4.74. The molecule has 4 aromatic rings. The van der Waals surface area contributed by atoms with Gasteiger partial charge < -0.3 is 19.3 Å². The number of ether oxygens (including phenoxy) is 1. The summed E-state index contributed by atoms with van der Waals surface area (Å²) in [6, 6.07) is 11.5. The number of carboxylic acid groups (broad SMARTS) is 1. The number of aryl methyl sites for hydroxylation is 1. The molecule has 1 aromatic carbocycles. The molecule has 0 unspecified atom stereocenters. The predicted octanol–water partition coefficient (Wildman–Crippen LogP) is 5.24. The van der Waals surface area contributed by atoms with Gasteiger partial charge in [0.15, 0.2) is 0 Å². The van der Waals surface area contributed by atoms with Crippen LogP contribution in [-0.4, -0.2) is 59.9 Å². The Labute approximate surface area is 216 Å². The summed E-state index contributed by atoms with van der Waals surface area (Å²) < 4.78 is 44.7. The maximum absolute atomic E-state index is 12.4. The monoisotopic (exact) mass is 526 g/mol. The van der Waals surface area contributed by atoms with Crippen molar-refractivity contribution in [1.82, 2.24) is 29.2 Å². The highest BCUT2D eigenvalue weighted by atomic mass is 19.4. The van der Waals surface area contributed by atoms with Gasteiger partial charge >= 0.3 is 12.5 Å². The number of pyridine rings is 1. The van der Waals surface area contributed by atoms with Gasteiger partial charge in [0.05, 0.1) is 12.9 Å². The topological polar surface area (TPSA) is 98.3 Å². The lowest BCUT2D eigenvalue weighted by molar-refractivity contribution is -0.274. The van der Waals surface area contributed by atoms with Crippen molar-refractivity contribution in [1.29, 1.82) is 0 Å². The number of halogens is 3. The number of rotatable bonds is 6. The Balaban J connectivity index is 1.27. The van der Waals surface area contributed by atoms with E-state index in [2.05, 4.69) is 20.8 Å². The average Bonchev–Trinajstić information content (AvgIpc) is 3.51. The smallest absolute Gasteiger partial charge is 0.465 e. The van der Waals surface area contributed by atoms with Crippen LogP contribution in [0.25, 0.3) is 17.1 Å². The fourth-order valence-electron chi connectivity index (χ4n) is 4.57. The molecule has 4 heterocycles. The van der Waals surface area contributed by atoms with Gasteiger partial charge in [-0.3, -0.25) is 9.67 Å². The first-order chi connectivity index (χ1) is 18.1. The molecule has 1 N–H and O–H groups in total. The van der Waals surface area contributed by atoms with Crippen molar-refractivity contribution in [2.45, 2.75) is 38.6 Å². The molecule has 1 amide bonds. The first-order valence-corrected chi connectivity index (χ1v) is 12.0. The van der Waals surface area contributed by atoms with Gasteiger partial charge in [0.25, 0.3) is 0 Å². The van der Waals surface area contributed by atoms with Crippen LogP contribution in [0.2, 0.25) is 0 Å². The molecule has 3 aromatic heterocycles. The Bertz CT molecular complexity index is 1420. The number of piperidine rings is 1. The Morgan fingerprint density at radius 2 is 1.82 bits per heavy atom. The average molecular weight is 527 g/mol. The molecule has 0 radical (unpaired) electrons. The van der Waals surface area contributed by atoms with Crippen molar-refractivity contribution in [3.63, 3.8) is 0 Å². The maximum atomic E-state index is 12.4. The fraction of sp³-hybridized carbons (Fsp3) is 0.308. The van der Waals surface area contributed by atoms with Gasteiger partial charge in [-0.1, -0.05) is 0 Å². The molecule has 5 rings (SSSR count). The lowest BCUT2D eigenvalue weighted by Gasteiger charge is -2.29. The molecular weight excluding hydrogens is 501 g/mol. The second-order valence-electron chi connectivity index (χ2n) is 9.17. The highest BCUT2D eigenvalue weighted by molar-refractivity contribution is 5.65. The Morgan fingerprint density at radius 3 is 2.50 bits per heavy atom. The zero-order valence-electron chi connectivity index (χ0n) is 20.5. The molecule has 1 saturated heterocycles. The number of benzene rings is 1. The van der Waals surface area contributed by atoms with Crippen LogP contribution in [0.3, 0.4) is 0 Å². The van der Waals surface area contributed by atoms with Crippen LogP contribution in [0.1, 0.15) is 35.7 Å². The number of alkyl halides is 3. The first kappa shape index (κ1) is 25.3. The third kappa shape index (κ3) is 5.79. The van der Waals surface area contributed by atoms with E-state index < -0.39 is 12.5 Å². The summed E-state index contributed by atoms with van der Waals surface area (Å²) in [5.74, 6) is -0.0705. The van der Waals surface area contributed by atoms with E-state index in [9.17, 15) is 23.1 Å². The maximum Gasteiger partial charge on any atom is 0.573 e. The van der Waals surface area contributed by atoms with Gasteiger partial charge in [-0.05, 0) is 67.8 Å². The number of amides is 1. The second kappa shape index (κ2) is 10.2. The number of aromatic nitrogens is 5. The summed E-state index contributed by atoms with van der Waals surface area (Å²) in [4.78, 5) is 21.6. The van der Waals surface area contributed by atoms with Gasteiger partial charge in [-0.25, -0.2) is 9.78 Å². The quantitative estimate of drug-likeness (QED) is 0.369. The van der Waals surface area contributed by atoms with Gasteiger partial charge in [0.1, 0.15) is 17.1 Å². The summed E-state index contributed by atoms with van der Waals surface area (Å²) in [6.45, 7) is 3.50. The highest BCUT2D eigenvalue weighted by Crippen LogP contribution is 2.28. The van der Waals surface area contributed by atoms with E-state index in [0.29, 0.717) is 36.7 Å². The van der Waals surface area contributed by atoms with Crippen LogP contribution < -0.4 is 4.74 Å². The molecule has 198 valence electrons. The molecule has 38 heavy (non-hydrogen) atoms. The Kier molecular flexibility index (Phi) is 6.79. The standard InChI is InChI=1S/C26H25F3N6O3/c1-17-12-23(24-15-34(16-31-24)20-2-4-21(5-3-20)38-26(27,28)29)32-35(17)14-18-6-9-30-22(13-18)19-7-10-33(11-8-19)25(36)37/h2-6,9,12-13,15-16,19H,7-8,10-11,14H2,1H3,(H,36,37). The van der Waals surface area contributed by atoms with Crippen LogP contribution >= 0.6 is 0 Å². The van der Waals surface area contributed by atoms with Gasteiger partial charge in [0, 0.05) is 48.5 Å². The fourth-order valence-corrected chi connectivity index (χ4v) is 4.57. The third-order valence-corrected chi connectivity index (χ3v) is 6.56. The second-order valence-corrected chi connectivity index (χ2v) is 9.17. The van der Waals surface area contributed by atoms with Gasteiger partial charge in [-0.15, -0.1) is 13.2 Å². The van der Waals surface area contributed by atoms with Crippen molar-refractivity contribution in [3.8, 4) is 22.8 Å². The number of likely N-dealkylation sites (tertiary alicyclic amines) is 1. The van der Waals surface area contributed by atoms with Gasteiger partial charge in [0.2, 0.25) is 0 Å². The van der Waals surface area contributed by atoms with E-state index in [1.54, 1.807) is 23.3 Å². The largest absolute Gasteiger partial charge is 0.573 e. The molecule has 0 bridgehead atoms. The summed E-state index contributed by atoms with van der Waals surface area (Å²) in [7, 11) is 0. The van der Waals surface area contributed by atoms with Crippen LogP contribution in [0.5, 0.6) is 5.75 Å². The van der Waals surface area contributed by atoms with E-state index >= 15 is 0 Å². The van der Waals surface area contributed by atoms with Crippen LogP contribution in [0.15, 0.2) is 61.2 Å².